The molecule has 0 unspecified atom stereocenters. The number of nitrogen functional groups attached to an aromatic ring is 1. The molecule has 0 saturated carbocycles. The molecule has 0 atom stereocenters. The molecule has 4 N–H and O–H groups in total. The molecule has 4 nitrogen and oxygen atoms in total. The summed E-state index contributed by atoms with van der Waals surface area (Å²) in [7, 11) is 0. The Labute approximate surface area is 66.2 Å². The van der Waals surface area contributed by atoms with Crippen molar-refractivity contribution in [3.05, 3.63) is 11.4 Å². The first-order valence-corrected chi connectivity index (χ1v) is 3.66. The maximum absolute atomic E-state index is 5.71. The maximum Gasteiger partial charge on any atom is 0.0825 e. The summed E-state index contributed by atoms with van der Waals surface area (Å²) in [5.41, 5.74) is 13.8. The monoisotopic (exact) mass is 154 g/mol. The van der Waals surface area contributed by atoms with Crippen molar-refractivity contribution in [1.29, 1.82) is 0 Å². The Bertz CT molecular complexity index is 251. The molecule has 0 aliphatic carbocycles. The van der Waals surface area contributed by atoms with E-state index in [1.165, 1.54) is 0 Å². The Morgan fingerprint density at radius 3 is 2.45 bits per heavy atom. The molecular formula is C7H14N4. The molecule has 1 heterocycles. The van der Waals surface area contributed by atoms with Crippen LogP contribution in [0.5, 0.6) is 0 Å². The van der Waals surface area contributed by atoms with Gasteiger partial charge in [-0.25, -0.2) is 0 Å². The number of aryl methyl sites for hydroxylation is 1. The molecule has 1 aromatic heterocycles. The molecule has 0 amide bonds. The number of hydrogen-bond donors (Lipinski definition) is 2. The predicted octanol–water partition coefficient (Wildman–Crippen LogP) is 0.0408. The Morgan fingerprint density at radius 2 is 2.09 bits per heavy atom. The molecule has 0 fully saturated rings. The van der Waals surface area contributed by atoms with Gasteiger partial charge in [0, 0.05) is 6.54 Å². The summed E-state index contributed by atoms with van der Waals surface area (Å²) >= 11 is 0. The third-order valence-electron chi connectivity index (χ3n) is 1.78. The second-order valence-electron chi connectivity index (χ2n) is 2.60. The molecule has 0 spiro atoms. The van der Waals surface area contributed by atoms with Gasteiger partial charge < -0.3 is 11.5 Å². The lowest BCUT2D eigenvalue weighted by Crippen LogP contribution is -2.12. The van der Waals surface area contributed by atoms with Crippen LogP contribution in [0.1, 0.15) is 11.4 Å². The second-order valence-corrected chi connectivity index (χ2v) is 2.60. The average Bonchev–Trinajstić information content (AvgIpc) is 2.19. The molecule has 1 rings (SSSR count). The van der Waals surface area contributed by atoms with Crippen molar-refractivity contribution in [3.63, 3.8) is 0 Å². The normalized spacial score (nSPS) is 10.5. The third-order valence-corrected chi connectivity index (χ3v) is 1.78. The molecule has 0 aliphatic heterocycles. The Hall–Kier alpha value is -1.03. The highest BCUT2D eigenvalue weighted by Gasteiger charge is 2.05. The first kappa shape index (κ1) is 8.07. The Kier molecular flexibility index (Phi) is 2.14. The van der Waals surface area contributed by atoms with Gasteiger partial charge in [-0.05, 0) is 13.8 Å². The van der Waals surface area contributed by atoms with Crippen LogP contribution in [0.3, 0.4) is 0 Å². The van der Waals surface area contributed by atoms with Crippen molar-refractivity contribution in [2.24, 2.45) is 5.73 Å². The molecular weight excluding hydrogens is 140 g/mol. The number of anilines is 1. The smallest absolute Gasteiger partial charge is 0.0825 e. The van der Waals surface area contributed by atoms with Gasteiger partial charge >= 0.3 is 0 Å². The van der Waals surface area contributed by atoms with Crippen LogP contribution in [0.25, 0.3) is 0 Å². The second kappa shape index (κ2) is 2.92. The maximum atomic E-state index is 5.71. The van der Waals surface area contributed by atoms with E-state index in [1.807, 2.05) is 18.5 Å². The van der Waals surface area contributed by atoms with Crippen molar-refractivity contribution in [1.82, 2.24) is 9.78 Å². The summed E-state index contributed by atoms with van der Waals surface area (Å²) in [6.45, 7) is 5.19. The van der Waals surface area contributed by atoms with Gasteiger partial charge in [0.1, 0.15) is 0 Å². The van der Waals surface area contributed by atoms with Crippen LogP contribution in [0.15, 0.2) is 0 Å². The van der Waals surface area contributed by atoms with Gasteiger partial charge in [0.25, 0.3) is 0 Å². The fourth-order valence-corrected chi connectivity index (χ4v) is 1.05. The van der Waals surface area contributed by atoms with E-state index in [-0.39, 0.29) is 0 Å². The zero-order valence-corrected chi connectivity index (χ0v) is 6.96. The molecule has 0 aliphatic rings. The highest BCUT2D eigenvalue weighted by molar-refractivity contribution is 5.46. The zero-order valence-electron chi connectivity index (χ0n) is 6.96. The fourth-order valence-electron chi connectivity index (χ4n) is 1.05. The van der Waals surface area contributed by atoms with Gasteiger partial charge in [0.05, 0.1) is 23.6 Å². The highest BCUT2D eigenvalue weighted by atomic mass is 15.3. The average molecular weight is 154 g/mol. The van der Waals surface area contributed by atoms with Gasteiger partial charge in [-0.1, -0.05) is 0 Å². The third kappa shape index (κ3) is 1.35. The summed E-state index contributed by atoms with van der Waals surface area (Å²) in [6, 6.07) is 0. The van der Waals surface area contributed by atoms with E-state index < -0.39 is 0 Å². The lowest BCUT2D eigenvalue weighted by Gasteiger charge is -1.99. The van der Waals surface area contributed by atoms with Crippen molar-refractivity contribution >= 4 is 5.69 Å². The van der Waals surface area contributed by atoms with Crippen molar-refractivity contribution < 1.29 is 0 Å². The van der Waals surface area contributed by atoms with E-state index in [4.69, 9.17) is 11.5 Å². The molecule has 0 saturated heterocycles. The summed E-state index contributed by atoms with van der Waals surface area (Å²) in [6.07, 6.45) is 0. The van der Waals surface area contributed by atoms with Gasteiger partial charge in [0.15, 0.2) is 0 Å². The van der Waals surface area contributed by atoms with E-state index in [0.717, 1.165) is 23.6 Å². The number of hydrogen-bond acceptors (Lipinski definition) is 3. The molecule has 4 heteroatoms. The van der Waals surface area contributed by atoms with Crippen molar-refractivity contribution in [2.75, 3.05) is 12.3 Å². The van der Waals surface area contributed by atoms with Gasteiger partial charge in [0.2, 0.25) is 0 Å². The number of rotatable bonds is 2. The summed E-state index contributed by atoms with van der Waals surface area (Å²) in [5, 5.41) is 4.21. The molecule has 0 aromatic carbocycles. The van der Waals surface area contributed by atoms with Crippen LogP contribution >= 0.6 is 0 Å². The predicted molar refractivity (Wildman–Crippen MR) is 45.2 cm³/mol. The van der Waals surface area contributed by atoms with Gasteiger partial charge in [-0.15, -0.1) is 0 Å². The van der Waals surface area contributed by atoms with Crippen LogP contribution in [-0.4, -0.2) is 16.3 Å². The summed E-state index contributed by atoms with van der Waals surface area (Å²) in [5.74, 6) is 0. The van der Waals surface area contributed by atoms with E-state index in [2.05, 4.69) is 5.10 Å². The Balaban J connectivity index is 2.98. The summed E-state index contributed by atoms with van der Waals surface area (Å²) < 4.78 is 1.84. The van der Waals surface area contributed by atoms with Crippen LogP contribution in [-0.2, 0) is 6.54 Å². The standard InChI is InChI=1S/C7H14N4/c1-5-7(9)6(2)11(10-5)4-3-8/h3-4,8-9H2,1-2H3. The minimum absolute atomic E-state index is 0.599. The highest BCUT2D eigenvalue weighted by Crippen LogP contribution is 2.13. The number of nitrogens with two attached hydrogens (primary N) is 2. The zero-order chi connectivity index (χ0) is 8.43. The van der Waals surface area contributed by atoms with E-state index in [1.54, 1.807) is 0 Å². The molecule has 0 radical (unpaired) electrons. The summed E-state index contributed by atoms with van der Waals surface area (Å²) in [4.78, 5) is 0. The number of aromatic nitrogens is 2. The van der Waals surface area contributed by atoms with Crippen LogP contribution in [0.4, 0.5) is 5.69 Å². The van der Waals surface area contributed by atoms with Gasteiger partial charge in [-0.3, -0.25) is 4.68 Å². The fraction of sp³-hybridized carbons (Fsp3) is 0.571. The first-order chi connectivity index (χ1) is 5.16. The SMILES string of the molecule is Cc1nn(CCN)c(C)c1N. The quantitative estimate of drug-likeness (QED) is 0.632. The van der Waals surface area contributed by atoms with Crippen LogP contribution in [0, 0.1) is 13.8 Å². The lowest BCUT2D eigenvalue weighted by atomic mass is 10.3. The van der Waals surface area contributed by atoms with E-state index >= 15 is 0 Å². The van der Waals surface area contributed by atoms with E-state index in [9.17, 15) is 0 Å². The molecule has 0 bridgehead atoms. The Morgan fingerprint density at radius 1 is 1.45 bits per heavy atom. The van der Waals surface area contributed by atoms with Crippen LogP contribution < -0.4 is 11.5 Å². The van der Waals surface area contributed by atoms with Crippen LogP contribution in [0.2, 0.25) is 0 Å². The minimum atomic E-state index is 0.599. The number of nitrogens with zero attached hydrogens (tertiary/aromatic N) is 2. The molecule has 62 valence electrons. The molecule has 11 heavy (non-hydrogen) atoms. The first-order valence-electron chi connectivity index (χ1n) is 3.66. The van der Waals surface area contributed by atoms with Crippen molar-refractivity contribution in [2.45, 2.75) is 20.4 Å². The van der Waals surface area contributed by atoms with Crippen molar-refractivity contribution in [3.8, 4) is 0 Å². The largest absolute Gasteiger partial charge is 0.396 e. The van der Waals surface area contributed by atoms with Gasteiger partial charge in [-0.2, -0.15) is 5.10 Å². The lowest BCUT2D eigenvalue weighted by molar-refractivity contribution is 0.604. The van der Waals surface area contributed by atoms with E-state index in [0.29, 0.717) is 6.54 Å². The topological polar surface area (TPSA) is 69.9 Å². The molecule has 1 aromatic rings. The minimum Gasteiger partial charge on any atom is -0.396 e.